The molecule has 68 valence electrons. The molecule has 0 atom stereocenters. The van der Waals surface area contributed by atoms with Crippen LogP contribution in [0.3, 0.4) is 0 Å². The lowest BCUT2D eigenvalue weighted by atomic mass is 10.4. The van der Waals surface area contributed by atoms with Crippen molar-refractivity contribution in [3.05, 3.63) is 24.7 Å². The molecular weight excluding hydrogens is 164 g/mol. The fourth-order valence-corrected chi connectivity index (χ4v) is 1.32. The molecule has 0 aliphatic rings. The molecule has 4 nitrogen and oxygen atoms in total. The summed E-state index contributed by atoms with van der Waals surface area (Å²) in [5, 5.41) is 0. The summed E-state index contributed by atoms with van der Waals surface area (Å²) in [7, 11) is 0. The molecule has 2 rings (SSSR count). The van der Waals surface area contributed by atoms with Gasteiger partial charge in [0.15, 0.2) is 5.65 Å². The molecular formula is C9H12N4. The Labute approximate surface area is 76.4 Å². The summed E-state index contributed by atoms with van der Waals surface area (Å²) < 4.78 is 2.03. The van der Waals surface area contributed by atoms with E-state index in [1.165, 1.54) is 0 Å². The number of pyridine rings is 1. The van der Waals surface area contributed by atoms with Gasteiger partial charge in [0, 0.05) is 12.7 Å². The number of aromatic nitrogens is 3. The van der Waals surface area contributed by atoms with Crippen LogP contribution in [-0.2, 0) is 6.54 Å². The quantitative estimate of drug-likeness (QED) is 0.751. The topological polar surface area (TPSA) is 56.7 Å². The summed E-state index contributed by atoms with van der Waals surface area (Å²) >= 11 is 0. The zero-order valence-corrected chi connectivity index (χ0v) is 7.35. The van der Waals surface area contributed by atoms with Crippen molar-refractivity contribution >= 4 is 11.2 Å². The summed E-state index contributed by atoms with van der Waals surface area (Å²) in [4.78, 5) is 8.48. The Bertz CT molecular complexity index is 393. The Morgan fingerprint density at radius 1 is 1.38 bits per heavy atom. The predicted molar refractivity (Wildman–Crippen MR) is 51.2 cm³/mol. The number of imidazole rings is 1. The van der Waals surface area contributed by atoms with Gasteiger partial charge in [0.2, 0.25) is 0 Å². The first-order valence-corrected chi connectivity index (χ1v) is 4.38. The average molecular weight is 176 g/mol. The largest absolute Gasteiger partial charge is 0.330 e. The third-order valence-corrected chi connectivity index (χ3v) is 1.98. The number of hydrogen-bond acceptors (Lipinski definition) is 3. The van der Waals surface area contributed by atoms with Crippen LogP contribution in [0.4, 0.5) is 0 Å². The summed E-state index contributed by atoms with van der Waals surface area (Å²) in [5.41, 5.74) is 7.32. The van der Waals surface area contributed by atoms with Crippen LogP contribution in [0.15, 0.2) is 24.7 Å². The Balaban J connectivity index is 2.35. The van der Waals surface area contributed by atoms with E-state index in [4.69, 9.17) is 5.73 Å². The molecule has 2 aromatic heterocycles. The van der Waals surface area contributed by atoms with E-state index in [1.807, 2.05) is 23.0 Å². The second kappa shape index (κ2) is 3.53. The predicted octanol–water partition coefficient (Wildman–Crippen LogP) is 0.780. The van der Waals surface area contributed by atoms with Gasteiger partial charge in [0.05, 0.1) is 6.33 Å². The second-order valence-corrected chi connectivity index (χ2v) is 2.93. The standard InChI is InChI=1S/C9H12N4/c10-4-2-6-13-7-12-8-3-1-5-11-9(8)13/h1,3,5,7H,2,4,6,10H2. The summed E-state index contributed by atoms with van der Waals surface area (Å²) in [5.74, 6) is 0. The Kier molecular flexibility index (Phi) is 2.23. The van der Waals surface area contributed by atoms with Gasteiger partial charge in [-0.3, -0.25) is 0 Å². The second-order valence-electron chi connectivity index (χ2n) is 2.93. The highest BCUT2D eigenvalue weighted by molar-refractivity contribution is 5.69. The molecule has 0 bridgehead atoms. The molecule has 4 heteroatoms. The molecule has 0 unspecified atom stereocenters. The molecule has 0 aromatic carbocycles. The molecule has 0 amide bonds. The molecule has 0 aliphatic carbocycles. The first-order chi connectivity index (χ1) is 6.42. The minimum atomic E-state index is 0.701. The molecule has 2 aromatic rings. The minimum absolute atomic E-state index is 0.701. The highest BCUT2D eigenvalue weighted by atomic mass is 15.1. The molecule has 0 radical (unpaired) electrons. The third-order valence-electron chi connectivity index (χ3n) is 1.98. The van der Waals surface area contributed by atoms with E-state index in [-0.39, 0.29) is 0 Å². The van der Waals surface area contributed by atoms with Crippen molar-refractivity contribution in [2.45, 2.75) is 13.0 Å². The summed E-state index contributed by atoms with van der Waals surface area (Å²) in [6.45, 7) is 1.59. The smallest absolute Gasteiger partial charge is 0.159 e. The van der Waals surface area contributed by atoms with E-state index in [2.05, 4.69) is 9.97 Å². The number of fused-ring (bicyclic) bond motifs is 1. The van der Waals surface area contributed by atoms with Crippen molar-refractivity contribution in [1.82, 2.24) is 14.5 Å². The zero-order valence-electron chi connectivity index (χ0n) is 7.35. The van der Waals surface area contributed by atoms with Crippen molar-refractivity contribution in [1.29, 1.82) is 0 Å². The number of aryl methyl sites for hydroxylation is 1. The monoisotopic (exact) mass is 176 g/mol. The molecule has 0 fully saturated rings. The number of hydrogen-bond donors (Lipinski definition) is 1. The van der Waals surface area contributed by atoms with E-state index in [1.54, 1.807) is 6.20 Å². The van der Waals surface area contributed by atoms with Gasteiger partial charge in [-0.1, -0.05) is 0 Å². The van der Waals surface area contributed by atoms with Gasteiger partial charge in [-0.05, 0) is 25.1 Å². The summed E-state index contributed by atoms with van der Waals surface area (Å²) in [6, 6.07) is 3.85. The van der Waals surface area contributed by atoms with E-state index in [0.29, 0.717) is 6.54 Å². The van der Waals surface area contributed by atoms with E-state index < -0.39 is 0 Å². The number of nitrogens with zero attached hydrogens (tertiary/aromatic N) is 3. The van der Waals surface area contributed by atoms with E-state index in [0.717, 1.165) is 24.1 Å². The average Bonchev–Trinajstić information content (AvgIpc) is 2.58. The lowest BCUT2D eigenvalue weighted by Gasteiger charge is -2.00. The van der Waals surface area contributed by atoms with Crippen LogP contribution in [-0.4, -0.2) is 21.1 Å². The van der Waals surface area contributed by atoms with Crippen LogP contribution < -0.4 is 5.73 Å². The first kappa shape index (κ1) is 8.19. The van der Waals surface area contributed by atoms with Gasteiger partial charge < -0.3 is 10.3 Å². The van der Waals surface area contributed by atoms with Crippen LogP contribution in [0, 0.1) is 0 Å². The van der Waals surface area contributed by atoms with Gasteiger partial charge in [-0.2, -0.15) is 0 Å². The van der Waals surface area contributed by atoms with Crippen LogP contribution in [0.1, 0.15) is 6.42 Å². The van der Waals surface area contributed by atoms with Crippen molar-refractivity contribution in [2.75, 3.05) is 6.54 Å². The maximum atomic E-state index is 5.44. The van der Waals surface area contributed by atoms with Crippen molar-refractivity contribution in [2.24, 2.45) is 5.73 Å². The highest BCUT2D eigenvalue weighted by Crippen LogP contribution is 2.08. The number of rotatable bonds is 3. The third kappa shape index (κ3) is 1.53. The SMILES string of the molecule is NCCCn1cnc2cccnc21. The van der Waals surface area contributed by atoms with Gasteiger partial charge in [-0.25, -0.2) is 9.97 Å². The highest BCUT2D eigenvalue weighted by Gasteiger charge is 2.00. The normalized spacial score (nSPS) is 10.8. The van der Waals surface area contributed by atoms with Crippen molar-refractivity contribution in [3.8, 4) is 0 Å². The maximum absolute atomic E-state index is 5.44. The maximum Gasteiger partial charge on any atom is 0.159 e. The Hall–Kier alpha value is -1.42. The molecule has 0 saturated heterocycles. The van der Waals surface area contributed by atoms with Gasteiger partial charge >= 0.3 is 0 Å². The fourth-order valence-electron chi connectivity index (χ4n) is 1.32. The first-order valence-electron chi connectivity index (χ1n) is 4.38. The van der Waals surface area contributed by atoms with Crippen LogP contribution in [0.5, 0.6) is 0 Å². The summed E-state index contributed by atoms with van der Waals surface area (Å²) in [6.07, 6.45) is 4.55. The lowest BCUT2D eigenvalue weighted by molar-refractivity contribution is 0.661. The molecule has 0 aliphatic heterocycles. The van der Waals surface area contributed by atoms with Crippen LogP contribution >= 0.6 is 0 Å². The van der Waals surface area contributed by atoms with Crippen LogP contribution in [0.25, 0.3) is 11.2 Å². The van der Waals surface area contributed by atoms with E-state index in [9.17, 15) is 0 Å². The molecule has 0 saturated carbocycles. The van der Waals surface area contributed by atoms with Gasteiger partial charge in [-0.15, -0.1) is 0 Å². The molecule has 13 heavy (non-hydrogen) atoms. The van der Waals surface area contributed by atoms with Gasteiger partial charge in [0.25, 0.3) is 0 Å². The van der Waals surface area contributed by atoms with Crippen molar-refractivity contribution < 1.29 is 0 Å². The Morgan fingerprint density at radius 3 is 3.15 bits per heavy atom. The molecule has 0 spiro atoms. The fraction of sp³-hybridized carbons (Fsp3) is 0.333. The molecule has 2 heterocycles. The lowest BCUT2D eigenvalue weighted by Crippen LogP contribution is -2.05. The minimum Gasteiger partial charge on any atom is -0.330 e. The Morgan fingerprint density at radius 2 is 2.31 bits per heavy atom. The van der Waals surface area contributed by atoms with Gasteiger partial charge in [0.1, 0.15) is 5.52 Å². The number of nitrogens with two attached hydrogens (primary N) is 1. The van der Waals surface area contributed by atoms with Crippen molar-refractivity contribution in [3.63, 3.8) is 0 Å². The van der Waals surface area contributed by atoms with Crippen LogP contribution in [0.2, 0.25) is 0 Å². The van der Waals surface area contributed by atoms with E-state index >= 15 is 0 Å². The zero-order chi connectivity index (χ0) is 9.10. The molecule has 2 N–H and O–H groups in total.